The average Bonchev–Trinajstić information content (AvgIpc) is 1.68. The first-order chi connectivity index (χ1) is 3.31. The number of halogens is 1. The van der Waals surface area contributed by atoms with E-state index in [1.165, 1.54) is 0 Å². The van der Waals surface area contributed by atoms with Gasteiger partial charge in [0.2, 0.25) is 0 Å². The van der Waals surface area contributed by atoms with E-state index >= 15 is 0 Å². The predicted molar refractivity (Wildman–Crippen MR) is 28.1 cm³/mol. The molecule has 1 unspecified atom stereocenters. The highest BCUT2D eigenvalue weighted by Gasteiger charge is 1.94. The van der Waals surface area contributed by atoms with Gasteiger partial charge in [-0.15, -0.1) is 0 Å². The van der Waals surface area contributed by atoms with Crippen LogP contribution in [0.15, 0.2) is 0 Å². The molecule has 0 bridgehead atoms. The number of hydrogen-bond donors (Lipinski definition) is 1. The van der Waals surface area contributed by atoms with Crippen molar-refractivity contribution in [2.24, 2.45) is 0 Å². The predicted octanol–water partition coefficient (Wildman–Crippen LogP) is 0.928. The van der Waals surface area contributed by atoms with Crippen LogP contribution in [-0.4, -0.2) is 17.5 Å². The molecule has 0 aromatic heterocycles. The molecule has 0 spiro atoms. The Labute approximate surface area is 48.0 Å². The van der Waals surface area contributed by atoms with Gasteiger partial charge in [0, 0.05) is 0 Å². The molecular formula is C4H9ClO2. The number of rotatable bonds is 3. The van der Waals surface area contributed by atoms with Crippen molar-refractivity contribution in [1.82, 2.24) is 0 Å². The molecule has 3 heteroatoms. The molecule has 0 radical (unpaired) electrons. The third kappa shape index (κ3) is 4.05. The SMILES string of the molecule is CCC(O)OCCl. The Hall–Kier alpha value is 0.210. The maximum atomic E-state index is 8.55. The molecule has 0 saturated heterocycles. The van der Waals surface area contributed by atoms with Gasteiger partial charge in [-0.05, 0) is 6.42 Å². The monoisotopic (exact) mass is 124 g/mol. The molecule has 0 saturated carbocycles. The number of ether oxygens (including phenoxy) is 1. The van der Waals surface area contributed by atoms with Crippen molar-refractivity contribution in [2.45, 2.75) is 19.6 Å². The Balaban J connectivity index is 2.83. The smallest absolute Gasteiger partial charge is 0.155 e. The number of aliphatic hydroxyl groups excluding tert-OH is 1. The lowest BCUT2D eigenvalue weighted by molar-refractivity contribution is -0.0830. The minimum atomic E-state index is -0.683. The van der Waals surface area contributed by atoms with E-state index < -0.39 is 6.29 Å². The number of hydrogen-bond acceptors (Lipinski definition) is 2. The number of aliphatic hydroxyl groups is 1. The van der Waals surface area contributed by atoms with Crippen molar-refractivity contribution in [3.8, 4) is 0 Å². The summed E-state index contributed by atoms with van der Waals surface area (Å²) in [4.78, 5) is 0. The standard InChI is InChI=1S/C4H9ClO2/c1-2-4(6)7-3-5/h4,6H,2-3H2,1H3. The fourth-order valence-electron chi connectivity index (χ4n) is 0.191. The van der Waals surface area contributed by atoms with Crippen LogP contribution >= 0.6 is 11.6 Å². The van der Waals surface area contributed by atoms with E-state index in [0.717, 1.165) is 0 Å². The summed E-state index contributed by atoms with van der Waals surface area (Å²) in [5, 5.41) is 8.55. The molecule has 1 atom stereocenters. The Morgan fingerprint density at radius 1 is 1.86 bits per heavy atom. The van der Waals surface area contributed by atoms with E-state index in [-0.39, 0.29) is 6.07 Å². The van der Waals surface area contributed by atoms with Crippen molar-refractivity contribution in [3.63, 3.8) is 0 Å². The van der Waals surface area contributed by atoms with Crippen LogP contribution in [0.1, 0.15) is 13.3 Å². The molecule has 0 aliphatic heterocycles. The maximum absolute atomic E-state index is 8.55. The van der Waals surface area contributed by atoms with Gasteiger partial charge in [0.05, 0.1) is 0 Å². The second kappa shape index (κ2) is 4.37. The van der Waals surface area contributed by atoms with Crippen LogP contribution in [-0.2, 0) is 4.74 Å². The molecular weight excluding hydrogens is 115 g/mol. The second-order valence-corrected chi connectivity index (χ2v) is 1.36. The Morgan fingerprint density at radius 3 is 2.57 bits per heavy atom. The highest BCUT2D eigenvalue weighted by atomic mass is 35.5. The van der Waals surface area contributed by atoms with Crippen molar-refractivity contribution >= 4 is 11.6 Å². The molecule has 0 aliphatic carbocycles. The average molecular weight is 125 g/mol. The minimum Gasteiger partial charge on any atom is -0.368 e. The van der Waals surface area contributed by atoms with Gasteiger partial charge in [-0.1, -0.05) is 18.5 Å². The molecule has 0 aromatic carbocycles. The van der Waals surface area contributed by atoms with Gasteiger partial charge in [0.25, 0.3) is 0 Å². The second-order valence-electron chi connectivity index (χ2n) is 1.14. The summed E-state index contributed by atoms with van der Waals surface area (Å²) in [6.45, 7) is 1.82. The third-order valence-electron chi connectivity index (χ3n) is 0.605. The highest BCUT2D eigenvalue weighted by Crippen LogP contribution is 1.91. The summed E-state index contributed by atoms with van der Waals surface area (Å²) in [5.41, 5.74) is 0. The fraction of sp³-hybridized carbons (Fsp3) is 1.00. The zero-order valence-electron chi connectivity index (χ0n) is 4.22. The first-order valence-corrected chi connectivity index (χ1v) is 2.70. The first kappa shape index (κ1) is 7.21. The summed E-state index contributed by atoms with van der Waals surface area (Å²) >= 11 is 5.09. The minimum absolute atomic E-state index is 0.0645. The number of alkyl halides is 1. The van der Waals surface area contributed by atoms with E-state index in [9.17, 15) is 0 Å². The lowest BCUT2D eigenvalue weighted by atomic mass is 10.5. The van der Waals surface area contributed by atoms with Gasteiger partial charge in [0.1, 0.15) is 6.07 Å². The Bertz CT molecular complexity index is 40.7. The Morgan fingerprint density at radius 2 is 2.43 bits per heavy atom. The van der Waals surface area contributed by atoms with Gasteiger partial charge in [-0.3, -0.25) is 0 Å². The van der Waals surface area contributed by atoms with Gasteiger partial charge >= 0.3 is 0 Å². The summed E-state index contributed by atoms with van der Waals surface area (Å²) < 4.78 is 4.51. The van der Waals surface area contributed by atoms with Gasteiger partial charge in [-0.25, -0.2) is 0 Å². The molecule has 0 heterocycles. The largest absolute Gasteiger partial charge is 0.368 e. The van der Waals surface area contributed by atoms with Gasteiger partial charge in [0.15, 0.2) is 6.29 Å². The lowest BCUT2D eigenvalue weighted by Gasteiger charge is -2.03. The Kier molecular flexibility index (Phi) is 4.50. The summed E-state index contributed by atoms with van der Waals surface area (Å²) in [5.74, 6) is 0. The zero-order valence-corrected chi connectivity index (χ0v) is 4.98. The zero-order chi connectivity index (χ0) is 5.70. The van der Waals surface area contributed by atoms with Crippen LogP contribution in [0.25, 0.3) is 0 Å². The maximum Gasteiger partial charge on any atom is 0.155 e. The molecule has 2 nitrogen and oxygen atoms in total. The van der Waals surface area contributed by atoms with Gasteiger partial charge < -0.3 is 9.84 Å². The summed E-state index contributed by atoms with van der Waals surface area (Å²) in [6, 6.07) is 0.0645. The molecule has 0 aromatic rings. The molecule has 0 fully saturated rings. The summed E-state index contributed by atoms with van der Waals surface area (Å²) in [6.07, 6.45) is -0.0929. The van der Waals surface area contributed by atoms with E-state index in [2.05, 4.69) is 4.74 Å². The molecule has 7 heavy (non-hydrogen) atoms. The van der Waals surface area contributed by atoms with Gasteiger partial charge in [-0.2, -0.15) is 0 Å². The van der Waals surface area contributed by atoms with Crippen LogP contribution in [0.3, 0.4) is 0 Å². The quantitative estimate of drug-likeness (QED) is 0.448. The topological polar surface area (TPSA) is 29.5 Å². The van der Waals surface area contributed by atoms with E-state index in [1.807, 2.05) is 6.92 Å². The summed E-state index contributed by atoms with van der Waals surface area (Å²) in [7, 11) is 0. The van der Waals surface area contributed by atoms with E-state index in [1.54, 1.807) is 0 Å². The molecule has 44 valence electrons. The third-order valence-corrected chi connectivity index (χ3v) is 0.731. The van der Waals surface area contributed by atoms with Crippen LogP contribution in [0.2, 0.25) is 0 Å². The van der Waals surface area contributed by atoms with Crippen LogP contribution in [0, 0.1) is 0 Å². The van der Waals surface area contributed by atoms with Crippen LogP contribution < -0.4 is 0 Å². The van der Waals surface area contributed by atoms with Crippen LogP contribution in [0.4, 0.5) is 0 Å². The van der Waals surface area contributed by atoms with Crippen molar-refractivity contribution in [1.29, 1.82) is 0 Å². The van der Waals surface area contributed by atoms with Crippen molar-refractivity contribution < 1.29 is 9.84 Å². The fourth-order valence-corrected chi connectivity index (χ4v) is 0.336. The molecule has 0 aliphatic rings. The molecule has 0 amide bonds. The van der Waals surface area contributed by atoms with Crippen LogP contribution in [0.5, 0.6) is 0 Å². The van der Waals surface area contributed by atoms with Crippen molar-refractivity contribution in [2.75, 3.05) is 6.07 Å². The highest BCUT2D eigenvalue weighted by molar-refractivity contribution is 6.17. The van der Waals surface area contributed by atoms with E-state index in [0.29, 0.717) is 6.42 Å². The first-order valence-electron chi connectivity index (χ1n) is 2.17. The molecule has 1 N–H and O–H groups in total. The van der Waals surface area contributed by atoms with Crippen molar-refractivity contribution in [3.05, 3.63) is 0 Å². The lowest BCUT2D eigenvalue weighted by Crippen LogP contribution is -2.07. The normalized spacial score (nSPS) is 14.1. The molecule has 0 rings (SSSR count). The van der Waals surface area contributed by atoms with E-state index in [4.69, 9.17) is 16.7 Å².